The van der Waals surface area contributed by atoms with Gasteiger partial charge in [0.1, 0.15) is 11.6 Å². The first-order valence-electron chi connectivity index (χ1n) is 6.86. The monoisotopic (exact) mass is 317 g/mol. The average Bonchev–Trinajstić information content (AvgIpc) is 2.78. The molecule has 6 heteroatoms. The summed E-state index contributed by atoms with van der Waals surface area (Å²) in [5.74, 6) is 0.802. The Labute approximate surface area is 134 Å². The standard InChI is InChI=1S/C16H19N3O2S/c1-4-10-21-16(20)17-14-12(2)18-19(3)15(14)22-11-13-8-6-5-7-9-13/h4-9H,1,10-11H2,2-3H3,(H,17,20). The first kappa shape index (κ1) is 16.2. The van der Waals surface area contributed by atoms with E-state index in [1.54, 1.807) is 16.4 Å². The molecular formula is C16H19N3O2S. The van der Waals surface area contributed by atoms with E-state index in [4.69, 9.17) is 4.74 Å². The van der Waals surface area contributed by atoms with Gasteiger partial charge in [-0.25, -0.2) is 4.79 Å². The molecule has 0 aliphatic heterocycles. The molecule has 0 saturated carbocycles. The van der Waals surface area contributed by atoms with Gasteiger partial charge in [0, 0.05) is 12.8 Å². The van der Waals surface area contributed by atoms with Gasteiger partial charge in [0.25, 0.3) is 0 Å². The van der Waals surface area contributed by atoms with Crippen molar-refractivity contribution in [3.05, 3.63) is 54.2 Å². The summed E-state index contributed by atoms with van der Waals surface area (Å²) in [4.78, 5) is 11.7. The average molecular weight is 317 g/mol. The summed E-state index contributed by atoms with van der Waals surface area (Å²) in [5.41, 5.74) is 2.66. The third-order valence-electron chi connectivity index (χ3n) is 2.95. The number of amides is 1. The number of hydrogen-bond donors (Lipinski definition) is 1. The number of anilines is 1. The van der Waals surface area contributed by atoms with Gasteiger partial charge in [-0.1, -0.05) is 54.7 Å². The van der Waals surface area contributed by atoms with Crippen molar-refractivity contribution in [3.63, 3.8) is 0 Å². The minimum Gasteiger partial charge on any atom is -0.445 e. The Bertz CT molecular complexity index is 653. The molecule has 22 heavy (non-hydrogen) atoms. The molecular weight excluding hydrogens is 298 g/mol. The maximum Gasteiger partial charge on any atom is 0.412 e. The lowest BCUT2D eigenvalue weighted by atomic mass is 10.2. The summed E-state index contributed by atoms with van der Waals surface area (Å²) in [5, 5.41) is 8.02. The molecule has 0 bridgehead atoms. The summed E-state index contributed by atoms with van der Waals surface area (Å²) in [6, 6.07) is 10.2. The van der Waals surface area contributed by atoms with Crippen molar-refractivity contribution in [1.29, 1.82) is 0 Å². The minimum atomic E-state index is -0.502. The SMILES string of the molecule is C=CCOC(=O)Nc1c(C)nn(C)c1SCc1ccccc1. The Kier molecular flexibility index (Phi) is 5.66. The van der Waals surface area contributed by atoms with Gasteiger partial charge in [0.2, 0.25) is 0 Å². The molecule has 1 aromatic carbocycles. The number of aryl methyl sites for hydroxylation is 2. The van der Waals surface area contributed by atoms with Gasteiger partial charge in [-0.2, -0.15) is 5.10 Å². The molecule has 2 aromatic rings. The molecule has 5 nitrogen and oxygen atoms in total. The maximum absolute atomic E-state index is 11.7. The zero-order valence-electron chi connectivity index (χ0n) is 12.7. The van der Waals surface area contributed by atoms with Crippen molar-refractivity contribution in [1.82, 2.24) is 9.78 Å². The second-order valence-corrected chi connectivity index (χ2v) is 5.64. The normalized spacial score (nSPS) is 10.3. The number of nitrogens with zero attached hydrogens (tertiary/aromatic N) is 2. The Morgan fingerprint density at radius 3 is 2.86 bits per heavy atom. The van der Waals surface area contributed by atoms with Crippen molar-refractivity contribution in [2.75, 3.05) is 11.9 Å². The number of rotatable bonds is 6. The van der Waals surface area contributed by atoms with Crippen LogP contribution in [0.2, 0.25) is 0 Å². The second-order valence-electron chi connectivity index (χ2n) is 4.68. The molecule has 1 heterocycles. The molecule has 2 rings (SSSR count). The lowest BCUT2D eigenvalue weighted by Crippen LogP contribution is -2.14. The molecule has 1 N–H and O–H groups in total. The largest absolute Gasteiger partial charge is 0.445 e. The third kappa shape index (κ3) is 4.14. The molecule has 1 amide bonds. The molecule has 0 saturated heterocycles. The molecule has 0 atom stereocenters. The number of aromatic nitrogens is 2. The highest BCUT2D eigenvalue weighted by atomic mass is 32.2. The smallest absolute Gasteiger partial charge is 0.412 e. The molecule has 0 aliphatic rings. The molecule has 1 aromatic heterocycles. The lowest BCUT2D eigenvalue weighted by Gasteiger charge is -2.08. The van der Waals surface area contributed by atoms with Crippen LogP contribution >= 0.6 is 11.8 Å². The second kappa shape index (κ2) is 7.70. The third-order valence-corrected chi connectivity index (χ3v) is 4.17. The van der Waals surface area contributed by atoms with Gasteiger partial charge in [0.05, 0.1) is 11.4 Å². The summed E-state index contributed by atoms with van der Waals surface area (Å²) in [7, 11) is 1.86. The van der Waals surface area contributed by atoms with Crippen LogP contribution in [0.5, 0.6) is 0 Å². The van der Waals surface area contributed by atoms with Gasteiger partial charge in [0.15, 0.2) is 0 Å². The first-order chi connectivity index (χ1) is 10.6. The number of nitrogens with one attached hydrogen (secondary N) is 1. The van der Waals surface area contributed by atoms with E-state index in [1.807, 2.05) is 32.2 Å². The summed E-state index contributed by atoms with van der Waals surface area (Å²) < 4.78 is 6.73. The van der Waals surface area contributed by atoms with Crippen LogP contribution in [0, 0.1) is 6.92 Å². The number of carbonyl (C=O) groups excluding carboxylic acids is 1. The van der Waals surface area contributed by atoms with Crippen molar-refractivity contribution < 1.29 is 9.53 Å². The predicted octanol–water partition coefficient (Wildman–Crippen LogP) is 3.76. The Morgan fingerprint density at radius 1 is 1.45 bits per heavy atom. The number of thioether (sulfide) groups is 1. The highest BCUT2D eigenvalue weighted by Gasteiger charge is 2.16. The van der Waals surface area contributed by atoms with Crippen LogP contribution < -0.4 is 5.32 Å². The van der Waals surface area contributed by atoms with E-state index in [1.165, 1.54) is 11.6 Å². The fraction of sp³-hybridized carbons (Fsp3) is 0.250. The lowest BCUT2D eigenvalue weighted by molar-refractivity contribution is 0.174. The van der Waals surface area contributed by atoms with E-state index in [2.05, 4.69) is 29.1 Å². The number of benzene rings is 1. The van der Waals surface area contributed by atoms with Crippen molar-refractivity contribution in [2.45, 2.75) is 17.7 Å². The van der Waals surface area contributed by atoms with Gasteiger partial charge in [-0.05, 0) is 12.5 Å². The predicted molar refractivity (Wildman–Crippen MR) is 89.1 cm³/mol. The van der Waals surface area contributed by atoms with Crippen LogP contribution in [0.25, 0.3) is 0 Å². The van der Waals surface area contributed by atoms with Gasteiger partial charge in [-0.3, -0.25) is 10.00 Å². The van der Waals surface area contributed by atoms with E-state index in [0.29, 0.717) is 5.69 Å². The number of carbonyl (C=O) groups is 1. The van der Waals surface area contributed by atoms with Crippen LogP contribution in [0.15, 0.2) is 48.0 Å². The van der Waals surface area contributed by atoms with Crippen LogP contribution in [-0.4, -0.2) is 22.5 Å². The zero-order valence-corrected chi connectivity index (χ0v) is 13.5. The van der Waals surface area contributed by atoms with Gasteiger partial charge < -0.3 is 4.74 Å². The van der Waals surface area contributed by atoms with Crippen molar-refractivity contribution in [2.24, 2.45) is 7.05 Å². The molecule has 0 spiro atoms. The van der Waals surface area contributed by atoms with Crippen molar-refractivity contribution >= 4 is 23.5 Å². The van der Waals surface area contributed by atoms with Crippen LogP contribution in [-0.2, 0) is 17.5 Å². The molecule has 116 valence electrons. The number of hydrogen-bond acceptors (Lipinski definition) is 4. The van der Waals surface area contributed by atoms with E-state index in [9.17, 15) is 4.79 Å². The molecule has 0 aliphatic carbocycles. The molecule has 0 radical (unpaired) electrons. The van der Waals surface area contributed by atoms with E-state index >= 15 is 0 Å². The minimum absolute atomic E-state index is 0.178. The van der Waals surface area contributed by atoms with E-state index < -0.39 is 6.09 Å². The van der Waals surface area contributed by atoms with Gasteiger partial charge >= 0.3 is 6.09 Å². The van der Waals surface area contributed by atoms with E-state index in [-0.39, 0.29) is 6.61 Å². The quantitative estimate of drug-likeness (QED) is 0.651. The fourth-order valence-corrected chi connectivity index (χ4v) is 3.01. The topological polar surface area (TPSA) is 56.1 Å². The zero-order chi connectivity index (χ0) is 15.9. The summed E-state index contributed by atoms with van der Waals surface area (Å²) in [6.07, 6.45) is 1.03. The Balaban J connectivity index is 2.10. The number of ether oxygens (including phenoxy) is 1. The summed E-state index contributed by atoms with van der Waals surface area (Å²) >= 11 is 1.62. The Morgan fingerprint density at radius 2 is 2.18 bits per heavy atom. The van der Waals surface area contributed by atoms with Gasteiger partial charge in [-0.15, -0.1) is 0 Å². The first-order valence-corrected chi connectivity index (χ1v) is 7.85. The maximum atomic E-state index is 11.7. The Hall–Kier alpha value is -2.21. The summed E-state index contributed by atoms with van der Waals surface area (Å²) in [6.45, 7) is 5.55. The highest BCUT2D eigenvalue weighted by molar-refractivity contribution is 7.98. The van der Waals surface area contributed by atoms with Crippen molar-refractivity contribution in [3.8, 4) is 0 Å². The fourth-order valence-electron chi connectivity index (χ4n) is 1.95. The molecule has 0 fully saturated rings. The van der Waals surface area contributed by atoms with Crippen LogP contribution in [0.1, 0.15) is 11.3 Å². The van der Waals surface area contributed by atoms with Crippen LogP contribution in [0.3, 0.4) is 0 Å². The van der Waals surface area contributed by atoms with E-state index in [0.717, 1.165) is 16.5 Å². The molecule has 0 unspecified atom stereocenters. The van der Waals surface area contributed by atoms with Crippen LogP contribution in [0.4, 0.5) is 10.5 Å². The highest BCUT2D eigenvalue weighted by Crippen LogP contribution is 2.32.